The fourth-order valence-corrected chi connectivity index (χ4v) is 1.32. The molecule has 0 radical (unpaired) electrons. The van der Waals surface area contributed by atoms with Crippen molar-refractivity contribution in [2.24, 2.45) is 0 Å². The summed E-state index contributed by atoms with van der Waals surface area (Å²) >= 11 is 0. The molecule has 0 aliphatic heterocycles. The van der Waals surface area contributed by atoms with E-state index in [4.69, 9.17) is 9.84 Å². The SMILES string of the molecule is CC.Cc1cnn(-c2cc(OCCO)ccn2)c1. The van der Waals surface area contributed by atoms with E-state index in [0.29, 0.717) is 11.6 Å². The van der Waals surface area contributed by atoms with Gasteiger partial charge in [0, 0.05) is 18.5 Å². The first-order valence-corrected chi connectivity index (χ1v) is 6.01. The van der Waals surface area contributed by atoms with E-state index >= 15 is 0 Å². The highest BCUT2D eigenvalue weighted by molar-refractivity contribution is 5.31. The molecular weight excluding hydrogens is 230 g/mol. The molecular formula is C13H19N3O2. The number of aliphatic hydroxyl groups excluding tert-OH is 1. The van der Waals surface area contributed by atoms with Gasteiger partial charge in [-0.05, 0) is 18.6 Å². The van der Waals surface area contributed by atoms with Crippen molar-refractivity contribution in [1.29, 1.82) is 0 Å². The molecule has 2 aromatic rings. The maximum atomic E-state index is 8.66. The standard InChI is InChI=1S/C11H13N3O2.C2H6/c1-9-7-13-14(8-9)11-6-10(2-3-12-11)16-5-4-15;1-2/h2-3,6-8,15H,4-5H2,1H3;1-2H3. The first-order valence-electron chi connectivity index (χ1n) is 6.01. The van der Waals surface area contributed by atoms with E-state index in [0.717, 1.165) is 5.56 Å². The maximum absolute atomic E-state index is 8.66. The van der Waals surface area contributed by atoms with Crippen LogP contribution in [0.3, 0.4) is 0 Å². The number of ether oxygens (including phenoxy) is 1. The highest BCUT2D eigenvalue weighted by Gasteiger charge is 2.01. The summed E-state index contributed by atoms with van der Waals surface area (Å²) in [6, 6.07) is 3.53. The van der Waals surface area contributed by atoms with Crippen LogP contribution in [0.1, 0.15) is 19.4 Å². The summed E-state index contributed by atoms with van der Waals surface area (Å²) in [6.45, 7) is 6.25. The summed E-state index contributed by atoms with van der Waals surface area (Å²) in [7, 11) is 0. The smallest absolute Gasteiger partial charge is 0.156 e. The predicted octanol–water partition coefficient (Wildman–Crippen LogP) is 1.97. The van der Waals surface area contributed by atoms with E-state index in [-0.39, 0.29) is 13.2 Å². The van der Waals surface area contributed by atoms with Gasteiger partial charge in [0.2, 0.25) is 0 Å². The molecule has 2 rings (SSSR count). The molecule has 0 saturated heterocycles. The van der Waals surface area contributed by atoms with Crippen LogP contribution in [0.5, 0.6) is 5.75 Å². The molecule has 0 aliphatic rings. The number of aliphatic hydroxyl groups is 1. The molecule has 0 bridgehead atoms. The molecule has 0 atom stereocenters. The zero-order valence-electron chi connectivity index (χ0n) is 11.0. The zero-order valence-corrected chi connectivity index (χ0v) is 11.0. The zero-order chi connectivity index (χ0) is 13.4. The fourth-order valence-electron chi connectivity index (χ4n) is 1.32. The van der Waals surface area contributed by atoms with Crippen LogP contribution in [-0.2, 0) is 0 Å². The molecule has 0 fully saturated rings. The molecule has 0 amide bonds. The Morgan fingerprint density at radius 2 is 2.17 bits per heavy atom. The minimum Gasteiger partial charge on any atom is -0.491 e. The van der Waals surface area contributed by atoms with Gasteiger partial charge < -0.3 is 9.84 Å². The Kier molecular flexibility index (Phi) is 5.87. The van der Waals surface area contributed by atoms with Gasteiger partial charge in [-0.25, -0.2) is 9.67 Å². The Morgan fingerprint density at radius 1 is 1.39 bits per heavy atom. The number of hydrogen-bond acceptors (Lipinski definition) is 4. The first-order chi connectivity index (χ1) is 8.79. The van der Waals surface area contributed by atoms with Crippen LogP contribution in [0.4, 0.5) is 0 Å². The molecule has 98 valence electrons. The molecule has 0 aromatic carbocycles. The van der Waals surface area contributed by atoms with E-state index < -0.39 is 0 Å². The lowest BCUT2D eigenvalue weighted by molar-refractivity contribution is 0.201. The molecule has 2 heterocycles. The van der Waals surface area contributed by atoms with Gasteiger partial charge in [0.25, 0.3) is 0 Å². The fraction of sp³-hybridized carbons (Fsp3) is 0.385. The van der Waals surface area contributed by atoms with Crippen LogP contribution in [0.2, 0.25) is 0 Å². The third-order valence-corrected chi connectivity index (χ3v) is 2.02. The van der Waals surface area contributed by atoms with Crippen molar-refractivity contribution < 1.29 is 9.84 Å². The second kappa shape index (κ2) is 7.45. The van der Waals surface area contributed by atoms with Crippen LogP contribution in [-0.4, -0.2) is 33.1 Å². The lowest BCUT2D eigenvalue weighted by Gasteiger charge is -2.05. The van der Waals surface area contributed by atoms with E-state index in [1.807, 2.05) is 27.0 Å². The third-order valence-electron chi connectivity index (χ3n) is 2.02. The second-order valence-corrected chi connectivity index (χ2v) is 3.38. The number of aryl methyl sites for hydroxylation is 1. The van der Waals surface area contributed by atoms with Crippen LogP contribution in [0.25, 0.3) is 5.82 Å². The van der Waals surface area contributed by atoms with Gasteiger partial charge >= 0.3 is 0 Å². The quantitative estimate of drug-likeness (QED) is 0.900. The summed E-state index contributed by atoms with van der Waals surface area (Å²) in [5.41, 5.74) is 1.07. The Balaban J connectivity index is 0.000000771. The van der Waals surface area contributed by atoms with Crippen molar-refractivity contribution in [2.45, 2.75) is 20.8 Å². The summed E-state index contributed by atoms with van der Waals surface area (Å²) in [4.78, 5) is 4.19. The van der Waals surface area contributed by atoms with Crippen LogP contribution in [0.15, 0.2) is 30.7 Å². The average molecular weight is 249 g/mol. The van der Waals surface area contributed by atoms with E-state index in [1.54, 1.807) is 29.2 Å². The summed E-state index contributed by atoms with van der Waals surface area (Å²) < 4.78 is 6.97. The average Bonchev–Trinajstić information content (AvgIpc) is 2.86. The molecule has 0 saturated carbocycles. The number of pyridine rings is 1. The molecule has 0 aliphatic carbocycles. The summed E-state index contributed by atoms with van der Waals surface area (Å²) in [5.74, 6) is 1.37. The number of nitrogens with zero attached hydrogens (tertiary/aromatic N) is 3. The van der Waals surface area contributed by atoms with Gasteiger partial charge in [-0.3, -0.25) is 0 Å². The van der Waals surface area contributed by atoms with Crippen molar-refractivity contribution in [3.63, 3.8) is 0 Å². The molecule has 5 nitrogen and oxygen atoms in total. The molecule has 1 N–H and O–H groups in total. The largest absolute Gasteiger partial charge is 0.491 e. The van der Waals surface area contributed by atoms with E-state index in [9.17, 15) is 0 Å². The van der Waals surface area contributed by atoms with E-state index in [2.05, 4.69) is 10.1 Å². The van der Waals surface area contributed by atoms with Crippen molar-refractivity contribution in [2.75, 3.05) is 13.2 Å². The number of rotatable bonds is 4. The minimum atomic E-state index is -0.00145. The Labute approximate surface area is 107 Å². The summed E-state index contributed by atoms with van der Waals surface area (Å²) in [6.07, 6.45) is 5.31. The van der Waals surface area contributed by atoms with Gasteiger partial charge in [0.1, 0.15) is 12.4 Å². The van der Waals surface area contributed by atoms with Crippen LogP contribution < -0.4 is 4.74 Å². The predicted molar refractivity (Wildman–Crippen MR) is 70.0 cm³/mol. The normalized spacial score (nSPS) is 9.56. The minimum absolute atomic E-state index is 0.00145. The second-order valence-electron chi connectivity index (χ2n) is 3.38. The monoisotopic (exact) mass is 249 g/mol. The topological polar surface area (TPSA) is 60.2 Å². The third kappa shape index (κ3) is 3.85. The van der Waals surface area contributed by atoms with Crippen LogP contribution in [0, 0.1) is 6.92 Å². The van der Waals surface area contributed by atoms with Gasteiger partial charge in [-0.15, -0.1) is 0 Å². The molecule has 0 unspecified atom stereocenters. The lowest BCUT2D eigenvalue weighted by atomic mass is 10.4. The van der Waals surface area contributed by atoms with Gasteiger partial charge in [0.15, 0.2) is 5.82 Å². The van der Waals surface area contributed by atoms with Gasteiger partial charge in [-0.1, -0.05) is 13.8 Å². The Hall–Kier alpha value is -1.88. The van der Waals surface area contributed by atoms with Gasteiger partial charge in [0.05, 0.1) is 12.8 Å². The lowest BCUT2D eigenvalue weighted by Crippen LogP contribution is -2.03. The van der Waals surface area contributed by atoms with Crippen molar-refractivity contribution in [3.8, 4) is 11.6 Å². The highest BCUT2D eigenvalue weighted by atomic mass is 16.5. The summed E-state index contributed by atoms with van der Waals surface area (Å²) in [5, 5.41) is 12.8. The highest BCUT2D eigenvalue weighted by Crippen LogP contribution is 2.13. The van der Waals surface area contributed by atoms with Crippen molar-refractivity contribution >= 4 is 0 Å². The van der Waals surface area contributed by atoms with Crippen LogP contribution >= 0.6 is 0 Å². The molecule has 18 heavy (non-hydrogen) atoms. The van der Waals surface area contributed by atoms with Crippen molar-refractivity contribution in [3.05, 3.63) is 36.3 Å². The number of aromatic nitrogens is 3. The van der Waals surface area contributed by atoms with Crippen molar-refractivity contribution in [1.82, 2.24) is 14.8 Å². The van der Waals surface area contributed by atoms with E-state index in [1.165, 1.54) is 0 Å². The van der Waals surface area contributed by atoms with Gasteiger partial charge in [-0.2, -0.15) is 5.10 Å². The first kappa shape index (κ1) is 14.2. The molecule has 5 heteroatoms. The Morgan fingerprint density at radius 3 is 2.78 bits per heavy atom. The Bertz CT molecular complexity index is 469. The molecule has 2 aromatic heterocycles. The molecule has 0 spiro atoms. The maximum Gasteiger partial charge on any atom is 0.156 e. The number of hydrogen-bond donors (Lipinski definition) is 1.